The molecule has 0 saturated heterocycles. The maximum Gasteiger partial charge on any atom is 0.303 e. The molecule has 0 aliphatic heterocycles. The van der Waals surface area contributed by atoms with Crippen LogP contribution in [0, 0.1) is 11.3 Å². The molecule has 1 rings (SSSR count). The van der Waals surface area contributed by atoms with Gasteiger partial charge < -0.3 is 36.2 Å². The number of methoxy groups -OCH3 is 1. The van der Waals surface area contributed by atoms with Crippen molar-refractivity contribution in [2.45, 2.75) is 84.3 Å². The second-order valence-electron chi connectivity index (χ2n) is 11.8. The smallest absolute Gasteiger partial charge is 0.303 e. The van der Waals surface area contributed by atoms with Gasteiger partial charge in [-0.05, 0) is 48.3 Å². The summed E-state index contributed by atoms with van der Waals surface area (Å²) in [6, 6.07) is 4.01. The normalized spacial score (nSPS) is 13.2. The topological polar surface area (TPSA) is 200 Å². The van der Waals surface area contributed by atoms with Crippen LogP contribution in [0.15, 0.2) is 24.3 Å². The Labute approximate surface area is 263 Å². The molecule has 0 spiro atoms. The maximum absolute atomic E-state index is 13.3. The summed E-state index contributed by atoms with van der Waals surface area (Å²) in [6.07, 6.45) is -0.449. The van der Waals surface area contributed by atoms with Crippen LogP contribution in [0.3, 0.4) is 0 Å². The molecule has 44 heavy (non-hydrogen) atoms. The van der Waals surface area contributed by atoms with Gasteiger partial charge >= 0.3 is 11.9 Å². The van der Waals surface area contributed by atoms with E-state index >= 15 is 0 Å². The monoisotopic (exact) mass is 638 g/mol. The van der Waals surface area contributed by atoms with E-state index in [4.69, 9.17) is 14.9 Å². The molecule has 0 bridgehead atoms. The lowest BCUT2D eigenvalue weighted by molar-refractivity contribution is -0.141. The van der Waals surface area contributed by atoms with Crippen molar-refractivity contribution in [1.29, 1.82) is 0 Å². The number of carbonyl (C=O) groups excluding carboxylic acids is 4. The van der Waals surface area contributed by atoms with Crippen LogP contribution in [0.5, 0.6) is 5.75 Å². The Balaban J connectivity index is 2.91. The van der Waals surface area contributed by atoms with Gasteiger partial charge in [-0.3, -0.25) is 28.8 Å². The van der Waals surface area contributed by atoms with Crippen LogP contribution >= 0.6 is 12.6 Å². The van der Waals surface area contributed by atoms with Gasteiger partial charge in [-0.1, -0.05) is 39.8 Å². The zero-order valence-corrected chi connectivity index (χ0v) is 26.9. The molecule has 0 heterocycles. The van der Waals surface area contributed by atoms with E-state index < -0.39 is 65.5 Å². The van der Waals surface area contributed by atoms with Crippen molar-refractivity contribution >= 4 is 48.2 Å². The van der Waals surface area contributed by atoms with Crippen molar-refractivity contribution in [3.8, 4) is 5.75 Å². The van der Waals surface area contributed by atoms with Gasteiger partial charge in [0, 0.05) is 25.1 Å². The molecule has 0 aliphatic carbocycles. The third kappa shape index (κ3) is 15.1. The summed E-state index contributed by atoms with van der Waals surface area (Å²) in [5, 5.41) is 28.7. The number of thiol groups is 1. The molecule has 13 nitrogen and oxygen atoms in total. The van der Waals surface area contributed by atoms with Crippen LogP contribution in [0.25, 0.3) is 0 Å². The van der Waals surface area contributed by atoms with Gasteiger partial charge in [-0.15, -0.1) is 0 Å². The Morgan fingerprint density at radius 2 is 1.43 bits per heavy atom. The Bertz CT molecular complexity index is 1140. The Kier molecular flexibility index (Phi) is 16.3. The average Bonchev–Trinajstić information content (AvgIpc) is 2.92. The third-order valence-corrected chi connectivity index (χ3v) is 6.96. The molecule has 0 radical (unpaired) electrons. The van der Waals surface area contributed by atoms with Crippen molar-refractivity contribution in [3.05, 3.63) is 29.8 Å². The molecule has 0 aromatic heterocycles. The molecule has 0 saturated carbocycles. The zero-order valence-electron chi connectivity index (χ0n) is 26.0. The predicted molar refractivity (Wildman–Crippen MR) is 166 cm³/mol. The average molecular weight is 639 g/mol. The fraction of sp³-hybridized carbons (Fsp3) is 0.600. The van der Waals surface area contributed by atoms with E-state index in [1.54, 1.807) is 21.0 Å². The lowest BCUT2D eigenvalue weighted by Gasteiger charge is -2.27. The molecule has 14 heteroatoms. The Morgan fingerprint density at radius 1 is 0.841 bits per heavy atom. The van der Waals surface area contributed by atoms with Crippen molar-refractivity contribution in [2.75, 3.05) is 19.4 Å². The summed E-state index contributed by atoms with van der Waals surface area (Å²) in [6.45, 7) is 7.16. The highest BCUT2D eigenvalue weighted by Crippen LogP contribution is 2.25. The molecular formula is C30H46N4O9S. The van der Waals surface area contributed by atoms with Gasteiger partial charge in [-0.25, -0.2) is 0 Å². The van der Waals surface area contributed by atoms with Gasteiger partial charge in [0.1, 0.15) is 23.9 Å². The number of carboxylic acids is 2. The molecule has 1 aromatic rings. The molecule has 0 unspecified atom stereocenters. The number of rotatable bonds is 20. The van der Waals surface area contributed by atoms with Crippen LogP contribution in [-0.4, -0.2) is 83.3 Å². The summed E-state index contributed by atoms with van der Waals surface area (Å²) in [5.74, 6) is -4.11. The summed E-state index contributed by atoms with van der Waals surface area (Å²) >= 11 is 4.21. The Hall–Kier alpha value is -3.81. The number of hydrogen-bond donors (Lipinski definition) is 7. The van der Waals surface area contributed by atoms with Crippen LogP contribution in [0.4, 0.5) is 0 Å². The van der Waals surface area contributed by atoms with Crippen LogP contribution in [0.2, 0.25) is 0 Å². The van der Waals surface area contributed by atoms with E-state index in [9.17, 15) is 28.8 Å². The fourth-order valence-electron chi connectivity index (χ4n) is 4.38. The van der Waals surface area contributed by atoms with E-state index in [1.165, 1.54) is 0 Å². The van der Waals surface area contributed by atoms with Gasteiger partial charge in [-0.2, -0.15) is 12.6 Å². The number of amides is 4. The minimum atomic E-state index is -1.29. The number of nitrogens with one attached hydrogen (secondary N) is 4. The molecule has 3 atom stereocenters. The minimum absolute atomic E-state index is 0.00806. The molecule has 1 aromatic carbocycles. The third-order valence-electron chi connectivity index (χ3n) is 6.60. The summed E-state index contributed by atoms with van der Waals surface area (Å²) < 4.78 is 5.14. The standard InChI is InChI=1S/C30H46N4O9S/c1-18(2)14-22(29(42)34-23(17-44)27(40)31-13-12-19-6-8-20(43-5)9-7-19)33-28(41)21(10-11-25(36)37)32-24(35)15-30(3,4)16-26(38)39/h6-9,18,21-23,44H,10-17H2,1-5H3,(H,31,40)(H,32,35)(H,33,41)(H,34,42)(H,36,37)(H,38,39)/t21-,22-,23-/m0/s1. The lowest BCUT2D eigenvalue weighted by atomic mass is 9.85. The van der Waals surface area contributed by atoms with E-state index in [0.29, 0.717) is 18.7 Å². The van der Waals surface area contributed by atoms with Crippen molar-refractivity contribution in [1.82, 2.24) is 21.3 Å². The Morgan fingerprint density at radius 3 is 1.95 bits per heavy atom. The van der Waals surface area contributed by atoms with E-state index in [2.05, 4.69) is 33.9 Å². The SMILES string of the molecule is COc1ccc(CCNC(=O)[C@H](CS)NC(=O)[C@H](CC(C)C)NC(=O)[C@H](CCC(=O)O)NC(=O)CC(C)(C)CC(=O)O)cc1. The van der Waals surface area contributed by atoms with E-state index in [1.807, 2.05) is 38.1 Å². The van der Waals surface area contributed by atoms with Crippen LogP contribution in [0.1, 0.15) is 65.4 Å². The summed E-state index contributed by atoms with van der Waals surface area (Å²) in [4.78, 5) is 74.3. The molecule has 0 aliphatic rings. The molecule has 4 amide bonds. The quantitative estimate of drug-likeness (QED) is 0.104. The fourth-order valence-corrected chi connectivity index (χ4v) is 4.63. The second kappa shape index (κ2) is 18.8. The predicted octanol–water partition coefficient (Wildman–Crippen LogP) is 1.54. The van der Waals surface area contributed by atoms with Crippen LogP contribution in [-0.2, 0) is 35.2 Å². The lowest BCUT2D eigenvalue weighted by Crippen LogP contribution is -2.57. The van der Waals surface area contributed by atoms with Gasteiger partial charge in [0.15, 0.2) is 0 Å². The van der Waals surface area contributed by atoms with E-state index in [0.717, 1.165) is 5.56 Å². The van der Waals surface area contributed by atoms with Crippen molar-refractivity contribution in [3.63, 3.8) is 0 Å². The first kappa shape index (κ1) is 38.2. The van der Waals surface area contributed by atoms with Gasteiger partial charge in [0.2, 0.25) is 23.6 Å². The highest BCUT2D eigenvalue weighted by molar-refractivity contribution is 7.80. The molecule has 0 fully saturated rings. The summed E-state index contributed by atoms with van der Waals surface area (Å²) in [5.41, 5.74) is 0.0632. The van der Waals surface area contributed by atoms with Crippen molar-refractivity contribution in [2.24, 2.45) is 11.3 Å². The number of carboxylic acid groups (broad SMARTS) is 2. The summed E-state index contributed by atoms with van der Waals surface area (Å²) in [7, 11) is 1.57. The van der Waals surface area contributed by atoms with E-state index in [-0.39, 0.29) is 37.4 Å². The zero-order chi connectivity index (χ0) is 33.4. The van der Waals surface area contributed by atoms with Gasteiger partial charge in [0.25, 0.3) is 0 Å². The second-order valence-corrected chi connectivity index (χ2v) is 12.2. The van der Waals surface area contributed by atoms with Crippen molar-refractivity contribution < 1.29 is 43.7 Å². The maximum atomic E-state index is 13.3. The largest absolute Gasteiger partial charge is 0.497 e. The highest BCUT2D eigenvalue weighted by Gasteiger charge is 2.32. The number of carbonyl (C=O) groups is 6. The molecular weight excluding hydrogens is 592 g/mol. The number of ether oxygens (including phenoxy) is 1. The number of benzene rings is 1. The molecule has 6 N–H and O–H groups in total. The first-order valence-electron chi connectivity index (χ1n) is 14.4. The first-order chi connectivity index (χ1) is 20.6. The molecule has 246 valence electrons. The first-order valence-corrected chi connectivity index (χ1v) is 15.0. The van der Waals surface area contributed by atoms with Gasteiger partial charge in [0.05, 0.1) is 13.5 Å². The highest BCUT2D eigenvalue weighted by atomic mass is 32.1. The number of hydrogen-bond acceptors (Lipinski definition) is 8. The van der Waals surface area contributed by atoms with Crippen LogP contribution < -0.4 is 26.0 Å². The number of aliphatic carboxylic acids is 2. The minimum Gasteiger partial charge on any atom is -0.497 e.